The fraction of sp³-hybridized carbons (Fsp3) is 0.500. The van der Waals surface area contributed by atoms with Crippen LogP contribution in [0.25, 0.3) is 0 Å². The molecule has 0 amide bonds. The summed E-state index contributed by atoms with van der Waals surface area (Å²) in [5.41, 5.74) is 2.12. The van der Waals surface area contributed by atoms with Gasteiger partial charge in [-0.1, -0.05) is 65.8 Å². The van der Waals surface area contributed by atoms with Crippen LogP contribution in [0.5, 0.6) is 11.5 Å². The van der Waals surface area contributed by atoms with E-state index in [0.29, 0.717) is 17.9 Å². The molecule has 0 aliphatic carbocycles. The van der Waals surface area contributed by atoms with E-state index in [1.807, 2.05) is 24.3 Å². The number of hydrogen-bond acceptors (Lipinski definition) is 5. The second kappa shape index (κ2) is 8.29. The number of benzene rings is 2. The van der Waals surface area contributed by atoms with Crippen molar-refractivity contribution in [3.8, 4) is 11.5 Å². The van der Waals surface area contributed by atoms with E-state index in [-0.39, 0.29) is 23.0 Å². The number of sulfone groups is 1. The Labute approximate surface area is 186 Å². The first-order chi connectivity index (χ1) is 14.2. The van der Waals surface area contributed by atoms with Crippen molar-refractivity contribution in [2.45, 2.75) is 70.2 Å². The van der Waals surface area contributed by atoms with Crippen LogP contribution in [-0.4, -0.2) is 19.2 Å². The quantitative estimate of drug-likeness (QED) is 0.475. The van der Waals surface area contributed by atoms with Gasteiger partial charge >= 0.3 is 7.60 Å². The topological polar surface area (TPSA) is 69.7 Å². The van der Waals surface area contributed by atoms with E-state index in [4.69, 9.17) is 9.05 Å². The lowest BCUT2D eigenvalue weighted by molar-refractivity contribution is 0.380. The smallest absolute Gasteiger partial charge is 0.415 e. The lowest BCUT2D eigenvalue weighted by atomic mass is 9.87. The van der Waals surface area contributed by atoms with Gasteiger partial charge in [0.2, 0.25) is 0 Å². The maximum Gasteiger partial charge on any atom is 0.448 e. The maximum absolute atomic E-state index is 13.9. The monoisotopic (exact) mass is 464 g/mol. The fourth-order valence-electron chi connectivity index (χ4n) is 3.59. The Kier molecular flexibility index (Phi) is 6.38. The van der Waals surface area contributed by atoms with Crippen LogP contribution in [0.2, 0.25) is 0 Å². The third-order valence-electron chi connectivity index (χ3n) is 5.55. The summed E-state index contributed by atoms with van der Waals surface area (Å²) in [6.07, 6.45) is 0.718. The molecule has 2 aromatic carbocycles. The SMILES string of the molecule is CC(C)(C)c1ccc(OP(=O)(Oc2ccc(C(C)(C)C)cc2)C2CCCS2(=O)=O)cc1. The highest BCUT2D eigenvalue weighted by Gasteiger charge is 2.50. The molecule has 2 aromatic rings. The summed E-state index contributed by atoms with van der Waals surface area (Å²) >= 11 is 0. The van der Waals surface area contributed by atoms with Gasteiger partial charge in [0, 0.05) is 0 Å². The first-order valence-electron chi connectivity index (χ1n) is 10.6. The average Bonchev–Trinajstić information content (AvgIpc) is 3.01. The van der Waals surface area contributed by atoms with Gasteiger partial charge in [0.05, 0.1) is 5.75 Å². The molecule has 1 heterocycles. The zero-order valence-electron chi connectivity index (χ0n) is 19.2. The fourth-order valence-corrected chi connectivity index (χ4v) is 8.71. The van der Waals surface area contributed by atoms with Crippen LogP contribution in [0.3, 0.4) is 0 Å². The van der Waals surface area contributed by atoms with Gasteiger partial charge in [0.15, 0.2) is 14.8 Å². The molecule has 0 spiro atoms. The van der Waals surface area contributed by atoms with Crippen molar-refractivity contribution in [3.63, 3.8) is 0 Å². The molecule has 1 atom stereocenters. The average molecular weight is 465 g/mol. The Balaban J connectivity index is 1.93. The molecule has 0 saturated carbocycles. The molecular formula is C24H33O5PS. The Morgan fingerprint density at radius 2 is 1.16 bits per heavy atom. The highest BCUT2D eigenvalue weighted by atomic mass is 32.2. The summed E-state index contributed by atoms with van der Waals surface area (Å²) in [6.45, 7) is 12.6. The van der Waals surface area contributed by atoms with Crippen molar-refractivity contribution in [2.75, 3.05) is 5.75 Å². The maximum atomic E-state index is 13.9. The van der Waals surface area contributed by atoms with Gasteiger partial charge in [-0.2, -0.15) is 0 Å². The number of hydrogen-bond donors (Lipinski definition) is 0. The Morgan fingerprint density at radius 1 is 0.774 bits per heavy atom. The van der Waals surface area contributed by atoms with Crippen LogP contribution < -0.4 is 9.05 Å². The third-order valence-corrected chi connectivity index (χ3v) is 11.1. The van der Waals surface area contributed by atoms with Crippen molar-refractivity contribution in [2.24, 2.45) is 0 Å². The minimum Gasteiger partial charge on any atom is -0.415 e. The number of rotatable bonds is 5. The highest BCUT2D eigenvalue weighted by Crippen LogP contribution is 2.58. The van der Waals surface area contributed by atoms with Crippen molar-refractivity contribution < 1.29 is 22.0 Å². The summed E-state index contributed by atoms with van der Waals surface area (Å²) < 4.78 is 50.9. The zero-order valence-corrected chi connectivity index (χ0v) is 20.9. The van der Waals surface area contributed by atoms with E-state index in [1.54, 1.807) is 24.3 Å². The minimum atomic E-state index is -4.03. The molecule has 31 heavy (non-hydrogen) atoms. The summed E-state index contributed by atoms with van der Waals surface area (Å²) in [5, 5.41) is 0. The molecule has 0 radical (unpaired) electrons. The molecule has 1 aliphatic rings. The van der Waals surface area contributed by atoms with Crippen molar-refractivity contribution in [3.05, 3.63) is 59.7 Å². The molecule has 0 bridgehead atoms. The molecule has 1 unspecified atom stereocenters. The molecule has 1 fully saturated rings. The molecule has 0 N–H and O–H groups in total. The highest BCUT2D eigenvalue weighted by molar-refractivity contribution is 7.98. The minimum absolute atomic E-state index is 0.000298. The predicted molar refractivity (Wildman–Crippen MR) is 126 cm³/mol. The van der Waals surface area contributed by atoms with Crippen LogP contribution in [0.15, 0.2) is 48.5 Å². The van der Waals surface area contributed by atoms with E-state index in [0.717, 1.165) is 11.1 Å². The van der Waals surface area contributed by atoms with Crippen LogP contribution in [-0.2, 0) is 25.2 Å². The van der Waals surface area contributed by atoms with Crippen LogP contribution in [0.1, 0.15) is 65.5 Å². The molecule has 5 nitrogen and oxygen atoms in total. The largest absolute Gasteiger partial charge is 0.448 e. The van der Waals surface area contributed by atoms with Gasteiger partial charge < -0.3 is 9.05 Å². The molecule has 170 valence electrons. The molecule has 1 saturated heterocycles. The molecule has 1 aliphatic heterocycles. The summed E-state index contributed by atoms with van der Waals surface area (Å²) in [4.78, 5) is -1.16. The molecular weight excluding hydrogens is 431 g/mol. The van der Waals surface area contributed by atoms with Crippen molar-refractivity contribution in [1.82, 2.24) is 0 Å². The Bertz CT molecular complexity index is 995. The van der Waals surface area contributed by atoms with E-state index in [2.05, 4.69) is 41.5 Å². The van der Waals surface area contributed by atoms with Crippen molar-refractivity contribution >= 4 is 17.4 Å². The Morgan fingerprint density at radius 3 is 1.45 bits per heavy atom. The summed E-state index contributed by atoms with van der Waals surface area (Å²) in [7, 11) is -7.59. The summed E-state index contributed by atoms with van der Waals surface area (Å²) in [5.74, 6) is 0.676. The molecule has 3 rings (SSSR count). The van der Waals surface area contributed by atoms with E-state index < -0.39 is 22.4 Å². The lowest BCUT2D eigenvalue weighted by Gasteiger charge is -2.25. The van der Waals surface area contributed by atoms with Crippen LogP contribution in [0, 0.1) is 0 Å². The van der Waals surface area contributed by atoms with Crippen LogP contribution >= 0.6 is 7.60 Å². The standard InChI is InChI=1S/C24H33O5PS/c1-23(2,3)18-9-13-20(14-10-18)28-30(25,22-8-7-17-31(22,26)27)29-21-15-11-19(12-16-21)24(4,5)6/h9-16,22H,7-8,17H2,1-6H3. The lowest BCUT2D eigenvalue weighted by Crippen LogP contribution is -2.22. The van der Waals surface area contributed by atoms with Crippen molar-refractivity contribution in [1.29, 1.82) is 0 Å². The van der Waals surface area contributed by atoms with Gasteiger partial charge in [-0.3, -0.25) is 0 Å². The molecule has 0 aromatic heterocycles. The predicted octanol–water partition coefficient (Wildman–Crippen LogP) is 6.47. The summed E-state index contributed by atoms with van der Waals surface area (Å²) in [6, 6.07) is 14.5. The first-order valence-corrected chi connectivity index (χ1v) is 14.0. The van der Waals surface area contributed by atoms with Gasteiger partial charge in [0.1, 0.15) is 11.5 Å². The van der Waals surface area contributed by atoms with Crippen LogP contribution in [0.4, 0.5) is 0 Å². The first kappa shape index (κ1) is 23.9. The van der Waals surface area contributed by atoms with Gasteiger partial charge in [-0.15, -0.1) is 0 Å². The van der Waals surface area contributed by atoms with Gasteiger partial charge in [0.25, 0.3) is 0 Å². The van der Waals surface area contributed by atoms with E-state index >= 15 is 0 Å². The van der Waals surface area contributed by atoms with E-state index in [9.17, 15) is 13.0 Å². The second-order valence-corrected chi connectivity index (χ2v) is 15.0. The third kappa shape index (κ3) is 5.53. The van der Waals surface area contributed by atoms with Gasteiger partial charge in [-0.25, -0.2) is 13.0 Å². The van der Waals surface area contributed by atoms with E-state index in [1.165, 1.54) is 0 Å². The van der Waals surface area contributed by atoms with Gasteiger partial charge in [-0.05, 0) is 59.1 Å². The normalized spacial score (nSPS) is 19.2. The Hall–Kier alpha value is -1.78. The molecule has 7 heteroatoms. The zero-order chi connectivity index (χ0) is 23.1. The second-order valence-electron chi connectivity index (χ2n) is 10.2.